The first-order chi connectivity index (χ1) is 9.65. The molecule has 1 N–H and O–H groups in total. The van der Waals surface area contributed by atoms with Crippen LogP contribution in [0, 0.1) is 0 Å². The van der Waals surface area contributed by atoms with Crippen molar-refractivity contribution in [1.82, 2.24) is 9.78 Å². The number of aromatic nitrogens is 2. The number of aryl methyl sites for hydroxylation is 2. The summed E-state index contributed by atoms with van der Waals surface area (Å²) in [6, 6.07) is 11.4. The normalized spacial score (nSPS) is 12.3. The van der Waals surface area contributed by atoms with Crippen LogP contribution in [0.3, 0.4) is 0 Å². The lowest BCUT2D eigenvalue weighted by atomic mass is 9.99. The SMILES string of the molecule is CCc1cc(CC)n(CC(C(=O)O)c2ccccc2)n1. The second kappa shape index (κ2) is 6.37. The summed E-state index contributed by atoms with van der Waals surface area (Å²) < 4.78 is 1.84. The van der Waals surface area contributed by atoms with Crippen LogP contribution in [0.25, 0.3) is 0 Å². The van der Waals surface area contributed by atoms with Gasteiger partial charge in [-0.2, -0.15) is 5.10 Å². The molecule has 106 valence electrons. The number of aliphatic carboxylic acids is 1. The molecule has 4 heteroatoms. The van der Waals surface area contributed by atoms with Gasteiger partial charge in [-0.25, -0.2) is 0 Å². The van der Waals surface area contributed by atoms with Crippen LogP contribution in [0.15, 0.2) is 36.4 Å². The minimum atomic E-state index is -0.813. The van der Waals surface area contributed by atoms with Crippen molar-refractivity contribution in [2.75, 3.05) is 0 Å². The molecular formula is C16H20N2O2. The zero-order valence-electron chi connectivity index (χ0n) is 11.9. The predicted molar refractivity (Wildman–Crippen MR) is 77.8 cm³/mol. The second-order valence-electron chi connectivity index (χ2n) is 4.82. The lowest BCUT2D eigenvalue weighted by molar-refractivity contribution is -0.139. The van der Waals surface area contributed by atoms with Crippen molar-refractivity contribution in [1.29, 1.82) is 0 Å². The topological polar surface area (TPSA) is 55.1 Å². The van der Waals surface area contributed by atoms with E-state index in [1.807, 2.05) is 35.0 Å². The van der Waals surface area contributed by atoms with Crippen molar-refractivity contribution in [3.8, 4) is 0 Å². The minimum Gasteiger partial charge on any atom is -0.481 e. The summed E-state index contributed by atoms with van der Waals surface area (Å²) in [5.41, 5.74) is 2.92. The van der Waals surface area contributed by atoms with Crippen molar-refractivity contribution in [3.63, 3.8) is 0 Å². The Labute approximate surface area is 119 Å². The Bertz CT molecular complexity index is 575. The Morgan fingerprint density at radius 2 is 1.95 bits per heavy atom. The molecule has 0 saturated heterocycles. The Morgan fingerprint density at radius 3 is 2.50 bits per heavy atom. The number of nitrogens with zero attached hydrogens (tertiary/aromatic N) is 2. The smallest absolute Gasteiger partial charge is 0.312 e. The molecule has 1 heterocycles. The van der Waals surface area contributed by atoms with Crippen molar-refractivity contribution in [2.24, 2.45) is 0 Å². The highest BCUT2D eigenvalue weighted by Gasteiger charge is 2.21. The average Bonchev–Trinajstić information content (AvgIpc) is 2.87. The number of hydrogen-bond donors (Lipinski definition) is 1. The van der Waals surface area contributed by atoms with Gasteiger partial charge < -0.3 is 5.11 Å². The van der Waals surface area contributed by atoms with Gasteiger partial charge >= 0.3 is 5.97 Å². The third-order valence-corrected chi connectivity index (χ3v) is 3.49. The van der Waals surface area contributed by atoms with Crippen molar-refractivity contribution < 1.29 is 9.90 Å². The number of carboxylic acid groups (broad SMARTS) is 1. The molecule has 0 aliphatic carbocycles. The fraction of sp³-hybridized carbons (Fsp3) is 0.375. The highest BCUT2D eigenvalue weighted by molar-refractivity contribution is 5.75. The molecule has 0 bridgehead atoms. The van der Waals surface area contributed by atoms with E-state index >= 15 is 0 Å². The zero-order valence-corrected chi connectivity index (χ0v) is 11.9. The quantitative estimate of drug-likeness (QED) is 0.879. The molecule has 1 atom stereocenters. The van der Waals surface area contributed by atoms with Gasteiger partial charge in [0.2, 0.25) is 0 Å². The van der Waals surface area contributed by atoms with Crippen molar-refractivity contribution in [2.45, 2.75) is 39.2 Å². The summed E-state index contributed by atoms with van der Waals surface area (Å²) in [6.45, 7) is 4.49. The maximum atomic E-state index is 11.5. The van der Waals surface area contributed by atoms with E-state index in [1.165, 1.54) is 0 Å². The van der Waals surface area contributed by atoms with Gasteiger partial charge in [-0.1, -0.05) is 44.2 Å². The molecule has 0 spiro atoms. The van der Waals surface area contributed by atoms with E-state index in [9.17, 15) is 9.90 Å². The Morgan fingerprint density at radius 1 is 1.25 bits per heavy atom. The Kier molecular flexibility index (Phi) is 4.56. The van der Waals surface area contributed by atoms with Gasteiger partial charge in [0.05, 0.1) is 12.2 Å². The largest absolute Gasteiger partial charge is 0.481 e. The molecule has 1 aromatic heterocycles. The summed E-state index contributed by atoms with van der Waals surface area (Å²) in [5.74, 6) is -1.38. The van der Waals surface area contributed by atoms with Crippen LogP contribution in [0.2, 0.25) is 0 Å². The lowest BCUT2D eigenvalue weighted by Gasteiger charge is -2.14. The van der Waals surface area contributed by atoms with Gasteiger partial charge in [-0.05, 0) is 24.5 Å². The zero-order chi connectivity index (χ0) is 14.5. The lowest BCUT2D eigenvalue weighted by Crippen LogP contribution is -2.20. The molecule has 1 unspecified atom stereocenters. The molecule has 2 rings (SSSR count). The molecule has 2 aromatic rings. The maximum absolute atomic E-state index is 11.5. The van der Waals surface area contributed by atoms with Gasteiger partial charge in [0.25, 0.3) is 0 Å². The third-order valence-electron chi connectivity index (χ3n) is 3.49. The van der Waals surface area contributed by atoms with Gasteiger partial charge in [-0.3, -0.25) is 9.48 Å². The summed E-state index contributed by atoms with van der Waals surface area (Å²) in [6.07, 6.45) is 1.72. The Hall–Kier alpha value is -2.10. The van der Waals surface area contributed by atoms with Crippen LogP contribution < -0.4 is 0 Å². The van der Waals surface area contributed by atoms with E-state index in [0.29, 0.717) is 6.54 Å². The van der Waals surface area contributed by atoms with Gasteiger partial charge in [0.1, 0.15) is 5.92 Å². The Balaban J connectivity index is 2.29. The predicted octanol–water partition coefficient (Wildman–Crippen LogP) is 2.88. The van der Waals surface area contributed by atoms with E-state index in [1.54, 1.807) is 0 Å². The summed E-state index contributed by atoms with van der Waals surface area (Å²) in [5, 5.41) is 14.0. The van der Waals surface area contributed by atoms with E-state index in [0.717, 1.165) is 29.8 Å². The van der Waals surface area contributed by atoms with Crippen LogP contribution in [0.4, 0.5) is 0 Å². The first-order valence-electron chi connectivity index (χ1n) is 6.99. The fourth-order valence-electron chi connectivity index (χ4n) is 2.31. The molecule has 20 heavy (non-hydrogen) atoms. The maximum Gasteiger partial charge on any atom is 0.312 e. The average molecular weight is 272 g/mol. The molecule has 0 aliphatic rings. The number of benzene rings is 1. The summed E-state index contributed by atoms with van der Waals surface area (Å²) in [4.78, 5) is 11.5. The monoisotopic (exact) mass is 272 g/mol. The van der Waals surface area contributed by atoms with E-state index < -0.39 is 11.9 Å². The molecule has 4 nitrogen and oxygen atoms in total. The number of carbonyl (C=O) groups is 1. The fourth-order valence-corrected chi connectivity index (χ4v) is 2.31. The molecule has 0 saturated carbocycles. The van der Waals surface area contributed by atoms with Crippen LogP contribution in [-0.2, 0) is 24.2 Å². The van der Waals surface area contributed by atoms with Gasteiger partial charge in [-0.15, -0.1) is 0 Å². The molecule has 0 amide bonds. The van der Waals surface area contributed by atoms with E-state index in [2.05, 4.69) is 25.0 Å². The van der Waals surface area contributed by atoms with Crippen molar-refractivity contribution >= 4 is 5.97 Å². The summed E-state index contributed by atoms with van der Waals surface area (Å²) in [7, 11) is 0. The highest BCUT2D eigenvalue weighted by atomic mass is 16.4. The molecule has 0 fully saturated rings. The van der Waals surface area contributed by atoms with Crippen molar-refractivity contribution in [3.05, 3.63) is 53.3 Å². The molecule has 0 radical (unpaired) electrons. The first-order valence-corrected chi connectivity index (χ1v) is 6.99. The molecular weight excluding hydrogens is 252 g/mol. The molecule has 1 aromatic carbocycles. The number of rotatable bonds is 6. The minimum absolute atomic E-state index is 0.377. The first kappa shape index (κ1) is 14.3. The van der Waals surface area contributed by atoms with Gasteiger partial charge in [0.15, 0.2) is 0 Å². The van der Waals surface area contributed by atoms with E-state index in [-0.39, 0.29) is 0 Å². The third kappa shape index (κ3) is 3.07. The van der Waals surface area contributed by atoms with Crippen LogP contribution >= 0.6 is 0 Å². The number of hydrogen-bond acceptors (Lipinski definition) is 2. The van der Waals surface area contributed by atoms with E-state index in [4.69, 9.17) is 0 Å². The van der Waals surface area contributed by atoms with Gasteiger partial charge in [0, 0.05) is 5.69 Å². The molecule has 0 aliphatic heterocycles. The summed E-state index contributed by atoms with van der Waals surface area (Å²) >= 11 is 0. The van der Waals surface area contributed by atoms with Crippen LogP contribution in [0.5, 0.6) is 0 Å². The number of carboxylic acids is 1. The standard InChI is InChI=1S/C16H20N2O2/c1-3-13-10-14(4-2)18(17-13)11-15(16(19)20)12-8-6-5-7-9-12/h5-10,15H,3-4,11H2,1-2H3,(H,19,20). The van der Waals surface area contributed by atoms with Crippen LogP contribution in [-0.4, -0.2) is 20.9 Å². The second-order valence-corrected chi connectivity index (χ2v) is 4.82. The van der Waals surface area contributed by atoms with Crippen LogP contribution in [0.1, 0.15) is 36.7 Å². The highest BCUT2D eigenvalue weighted by Crippen LogP contribution is 2.19.